The first kappa shape index (κ1) is 30.8. The lowest BCUT2D eigenvalue weighted by Gasteiger charge is -2.48. The number of rotatable bonds is 10. The van der Waals surface area contributed by atoms with E-state index in [-0.39, 0.29) is 13.0 Å². The second-order valence-corrected chi connectivity index (χ2v) is 14.3. The summed E-state index contributed by atoms with van der Waals surface area (Å²) in [5.74, 6) is -1.96. The van der Waals surface area contributed by atoms with Crippen LogP contribution in [0, 0.1) is 0 Å². The van der Waals surface area contributed by atoms with Crippen molar-refractivity contribution in [3.8, 4) is 0 Å². The number of carbonyl (C=O) groups excluding carboxylic acids is 3. The Labute approximate surface area is 234 Å². The first-order chi connectivity index (χ1) is 18.9. The van der Waals surface area contributed by atoms with Gasteiger partial charge in [0.05, 0.1) is 6.10 Å². The van der Waals surface area contributed by atoms with Crippen molar-refractivity contribution in [1.82, 2.24) is 0 Å². The standard InChI is InChI=1S/C28H35N3O8Si/c1-18(32)36-17-24-26(37-19(2)33)27(38-20(3)34)25(30-31-29)23(39-24)16-28(4,5)40(35,21-12-8-6-9-13-21)22-14-10-7-11-15-22/h6-15,23-27,35H,16-17H2,1-5H3/t23-,24?,25?,26+,27?/m0/s1. The molecule has 1 aliphatic heterocycles. The van der Waals surface area contributed by atoms with E-state index in [0.717, 1.165) is 10.4 Å². The summed E-state index contributed by atoms with van der Waals surface area (Å²) in [5.41, 5.74) is 9.46. The van der Waals surface area contributed by atoms with E-state index in [1.54, 1.807) is 0 Å². The molecule has 2 aromatic rings. The normalized spacial score (nSPS) is 22.9. The van der Waals surface area contributed by atoms with E-state index in [1.165, 1.54) is 20.8 Å². The predicted molar refractivity (Wildman–Crippen MR) is 148 cm³/mol. The minimum Gasteiger partial charge on any atom is -0.463 e. The number of hydrogen-bond acceptors (Lipinski definition) is 9. The average molecular weight is 570 g/mol. The third-order valence-electron chi connectivity index (χ3n) is 7.07. The Morgan fingerprint density at radius 3 is 1.85 bits per heavy atom. The Kier molecular flexibility index (Phi) is 10.1. The Balaban J connectivity index is 2.11. The second kappa shape index (κ2) is 13.1. The summed E-state index contributed by atoms with van der Waals surface area (Å²) < 4.78 is 22.5. The van der Waals surface area contributed by atoms with Gasteiger partial charge in [0, 0.05) is 25.7 Å². The fourth-order valence-corrected chi connectivity index (χ4v) is 9.07. The van der Waals surface area contributed by atoms with Crippen LogP contribution in [0.4, 0.5) is 0 Å². The minimum absolute atomic E-state index is 0.157. The average Bonchev–Trinajstić information content (AvgIpc) is 2.90. The lowest BCUT2D eigenvalue weighted by Crippen LogP contribution is -2.67. The molecule has 1 fully saturated rings. The van der Waals surface area contributed by atoms with Gasteiger partial charge in [-0.25, -0.2) is 0 Å². The molecule has 0 saturated carbocycles. The highest BCUT2D eigenvalue weighted by atomic mass is 28.4. The van der Waals surface area contributed by atoms with Crippen molar-refractivity contribution in [2.45, 2.75) is 76.5 Å². The molecule has 5 atom stereocenters. The van der Waals surface area contributed by atoms with Gasteiger partial charge in [-0.15, -0.1) is 0 Å². The van der Waals surface area contributed by atoms with Crippen molar-refractivity contribution in [1.29, 1.82) is 0 Å². The van der Waals surface area contributed by atoms with Crippen LogP contribution in [0.1, 0.15) is 41.0 Å². The Hall–Kier alpha value is -3.70. The molecule has 0 amide bonds. The van der Waals surface area contributed by atoms with Crippen LogP contribution in [0.25, 0.3) is 10.4 Å². The van der Waals surface area contributed by atoms with Crippen LogP contribution in [0.15, 0.2) is 65.8 Å². The molecule has 0 aromatic heterocycles. The molecule has 1 N–H and O–H groups in total. The summed E-state index contributed by atoms with van der Waals surface area (Å²) in [6, 6.07) is 17.6. The number of ether oxygens (including phenoxy) is 4. The lowest BCUT2D eigenvalue weighted by atomic mass is 9.88. The zero-order valence-corrected chi connectivity index (χ0v) is 24.2. The van der Waals surface area contributed by atoms with Crippen LogP contribution in [0.3, 0.4) is 0 Å². The zero-order valence-electron chi connectivity index (χ0n) is 23.2. The monoisotopic (exact) mass is 569 g/mol. The Bertz CT molecular complexity index is 1200. The largest absolute Gasteiger partial charge is 0.463 e. The Morgan fingerprint density at radius 1 is 0.900 bits per heavy atom. The third kappa shape index (κ3) is 6.89. The van der Waals surface area contributed by atoms with Crippen LogP contribution in [-0.2, 0) is 33.3 Å². The molecule has 0 radical (unpaired) electrons. The quantitative estimate of drug-likeness (QED) is 0.114. The SMILES string of the molecule is CC(=O)OCC1O[C@@H](CC(C)(C)[Si](O)(c2ccccc2)c2ccccc2)C(N=[N+]=[N-])C(OC(C)=O)[C@@H]1OC(C)=O. The summed E-state index contributed by atoms with van der Waals surface area (Å²) in [6.45, 7) is 7.11. The van der Waals surface area contributed by atoms with Crippen molar-refractivity contribution < 1.29 is 38.1 Å². The maximum absolute atomic E-state index is 12.6. The molecular formula is C28H35N3O8Si. The molecule has 1 heterocycles. The molecular weight excluding hydrogens is 534 g/mol. The van der Waals surface area contributed by atoms with E-state index < -0.39 is 61.7 Å². The van der Waals surface area contributed by atoms with Crippen LogP contribution >= 0.6 is 0 Å². The fourth-order valence-electron chi connectivity index (χ4n) is 5.32. The fraction of sp³-hybridized carbons (Fsp3) is 0.464. The van der Waals surface area contributed by atoms with E-state index >= 15 is 0 Å². The molecule has 3 unspecified atom stereocenters. The smallest absolute Gasteiger partial charge is 0.303 e. The topological polar surface area (TPSA) is 157 Å². The summed E-state index contributed by atoms with van der Waals surface area (Å²) in [6.07, 6.45) is -4.23. The molecule has 1 saturated heterocycles. The molecule has 2 aromatic carbocycles. The van der Waals surface area contributed by atoms with Gasteiger partial charge in [-0.05, 0) is 27.4 Å². The van der Waals surface area contributed by atoms with Gasteiger partial charge < -0.3 is 23.7 Å². The van der Waals surface area contributed by atoms with E-state index in [0.29, 0.717) is 0 Å². The maximum atomic E-state index is 12.6. The lowest BCUT2D eigenvalue weighted by molar-refractivity contribution is -0.221. The van der Waals surface area contributed by atoms with Crippen molar-refractivity contribution in [2.24, 2.45) is 5.11 Å². The highest BCUT2D eigenvalue weighted by Gasteiger charge is 2.56. The highest BCUT2D eigenvalue weighted by molar-refractivity contribution is 6.98. The first-order valence-corrected chi connectivity index (χ1v) is 14.9. The van der Waals surface area contributed by atoms with Crippen LogP contribution in [0.5, 0.6) is 0 Å². The molecule has 12 heteroatoms. The summed E-state index contributed by atoms with van der Waals surface area (Å²) in [7, 11) is -3.51. The van der Waals surface area contributed by atoms with Gasteiger partial charge in [0.2, 0.25) is 0 Å². The van der Waals surface area contributed by atoms with Gasteiger partial charge in [0.1, 0.15) is 18.8 Å². The van der Waals surface area contributed by atoms with Crippen LogP contribution in [0.2, 0.25) is 5.04 Å². The number of benzene rings is 2. The minimum atomic E-state index is -3.51. The summed E-state index contributed by atoms with van der Waals surface area (Å²) in [4.78, 5) is 51.3. The molecule has 0 bridgehead atoms. The molecule has 0 aliphatic carbocycles. The third-order valence-corrected chi connectivity index (χ3v) is 11.6. The van der Waals surface area contributed by atoms with Gasteiger partial charge >= 0.3 is 17.9 Å². The molecule has 1 aliphatic rings. The summed E-state index contributed by atoms with van der Waals surface area (Å²) in [5, 5.41) is 4.61. The van der Waals surface area contributed by atoms with E-state index in [9.17, 15) is 24.7 Å². The van der Waals surface area contributed by atoms with Gasteiger partial charge in [0.25, 0.3) is 8.32 Å². The van der Waals surface area contributed by atoms with Gasteiger partial charge in [-0.2, -0.15) is 0 Å². The van der Waals surface area contributed by atoms with Crippen molar-refractivity contribution in [3.63, 3.8) is 0 Å². The molecule has 40 heavy (non-hydrogen) atoms. The number of esters is 3. The number of nitrogens with zero attached hydrogens (tertiary/aromatic N) is 3. The van der Waals surface area contributed by atoms with Gasteiger partial charge in [-0.1, -0.05) is 79.6 Å². The molecule has 11 nitrogen and oxygen atoms in total. The van der Waals surface area contributed by atoms with Crippen molar-refractivity contribution in [2.75, 3.05) is 6.61 Å². The van der Waals surface area contributed by atoms with Gasteiger partial charge in [-0.3, -0.25) is 14.4 Å². The van der Waals surface area contributed by atoms with Crippen molar-refractivity contribution in [3.05, 3.63) is 71.1 Å². The van der Waals surface area contributed by atoms with E-state index in [1.807, 2.05) is 74.5 Å². The predicted octanol–water partition coefficient (Wildman–Crippen LogP) is 2.78. The van der Waals surface area contributed by atoms with Gasteiger partial charge in [0.15, 0.2) is 12.2 Å². The molecule has 3 rings (SSSR count). The molecule has 0 spiro atoms. The number of hydrogen-bond donors (Lipinski definition) is 1. The summed E-state index contributed by atoms with van der Waals surface area (Å²) >= 11 is 0. The first-order valence-electron chi connectivity index (χ1n) is 12.9. The van der Waals surface area contributed by atoms with Crippen LogP contribution < -0.4 is 10.4 Å². The van der Waals surface area contributed by atoms with E-state index in [2.05, 4.69) is 10.0 Å². The van der Waals surface area contributed by atoms with Crippen LogP contribution in [-0.4, -0.2) is 68.1 Å². The van der Waals surface area contributed by atoms with Crippen molar-refractivity contribution >= 4 is 36.6 Å². The highest BCUT2D eigenvalue weighted by Crippen LogP contribution is 2.44. The molecule has 214 valence electrons. The second-order valence-electron chi connectivity index (χ2n) is 10.4. The number of carbonyl (C=O) groups is 3. The van der Waals surface area contributed by atoms with E-state index in [4.69, 9.17) is 18.9 Å². The number of azide groups is 1. The Morgan fingerprint density at radius 2 is 1.40 bits per heavy atom. The maximum Gasteiger partial charge on any atom is 0.303 e. The zero-order chi connectivity index (χ0) is 29.5.